The predicted octanol–water partition coefficient (Wildman–Crippen LogP) is 2.52. The molecule has 2 aliphatic heterocycles. The fourth-order valence-corrected chi connectivity index (χ4v) is 12.6. The van der Waals surface area contributed by atoms with Gasteiger partial charge in [-0.1, -0.05) is 0 Å². The summed E-state index contributed by atoms with van der Waals surface area (Å²) in [5, 5.41) is 16.7. The Morgan fingerprint density at radius 2 is 1.80 bits per heavy atom. The molecule has 6 nitrogen and oxygen atoms in total. The molecule has 0 aliphatic carbocycles. The molecule has 2 fully saturated rings. The first-order valence-corrected chi connectivity index (χ1v) is 16.0. The molecule has 0 saturated carbocycles. The van der Waals surface area contributed by atoms with E-state index in [0.29, 0.717) is 6.42 Å². The maximum atomic E-state index is 12.4. The van der Waals surface area contributed by atoms with Crippen molar-refractivity contribution in [2.24, 2.45) is 0 Å². The molecule has 0 bridgehead atoms. The summed E-state index contributed by atoms with van der Waals surface area (Å²) in [7, 11) is 0. The Balaban J connectivity index is 1.96. The number of aliphatic carboxylic acids is 1. The number of carbonyl (C=O) groups is 3. The monoisotopic (exact) mass is 432 g/mol. The fourth-order valence-electron chi connectivity index (χ4n) is 4.05. The van der Waals surface area contributed by atoms with Gasteiger partial charge in [0.15, 0.2) is 0 Å². The Hall–Kier alpha value is -0.697. The number of rotatable bonds is 8. The molecule has 0 aromatic carbocycles. The molecule has 0 radical (unpaired) electrons. The zero-order valence-corrected chi connectivity index (χ0v) is 18.7. The van der Waals surface area contributed by atoms with E-state index in [0.717, 1.165) is 5.25 Å². The topological polar surface area (TPSA) is 86.7 Å². The third kappa shape index (κ3) is 3.72. The molecule has 2 aliphatic rings. The quantitative estimate of drug-likeness (QED) is 0.456. The van der Waals surface area contributed by atoms with E-state index in [-0.39, 0.29) is 17.2 Å². The average Bonchev–Trinajstić information content (AvgIpc) is 2.82. The Bertz CT molecular complexity index is 557. The number of amides is 2. The molecule has 25 heavy (non-hydrogen) atoms. The van der Waals surface area contributed by atoms with E-state index in [1.54, 1.807) is 0 Å². The van der Waals surface area contributed by atoms with E-state index in [1.165, 1.54) is 32.4 Å². The molecule has 0 aromatic heterocycles. The number of carbonyl (C=O) groups excluding carboxylic acids is 2. The van der Waals surface area contributed by atoms with Crippen LogP contribution in [0.5, 0.6) is 0 Å². The van der Waals surface area contributed by atoms with Crippen LogP contribution in [0.1, 0.15) is 41.0 Å². The number of nitrogens with zero attached hydrogens (tertiary/aromatic N) is 1. The number of β-lactam (4-membered cyclic amide) rings is 1. The Morgan fingerprint density at radius 1 is 1.24 bits per heavy atom. The van der Waals surface area contributed by atoms with E-state index < -0.39 is 36.1 Å². The van der Waals surface area contributed by atoms with Gasteiger partial charge in [-0.15, -0.1) is 0 Å². The van der Waals surface area contributed by atoms with Gasteiger partial charge in [0.25, 0.3) is 0 Å². The number of hydrogen-bond acceptors (Lipinski definition) is 4. The van der Waals surface area contributed by atoms with E-state index >= 15 is 0 Å². The van der Waals surface area contributed by atoms with Crippen molar-refractivity contribution >= 4 is 42.8 Å². The average molecular weight is 431 g/mol. The van der Waals surface area contributed by atoms with Gasteiger partial charge >= 0.3 is 157 Å². The molecule has 3 atom stereocenters. The molecule has 0 unspecified atom stereocenters. The molecule has 8 heteroatoms. The molecule has 2 saturated heterocycles. The van der Waals surface area contributed by atoms with Crippen molar-refractivity contribution in [1.29, 1.82) is 0 Å². The molecule has 2 amide bonds. The standard InChI is InChI=1S/C17H30GeN2O4S/c1-6-18(7-2,8-3)10-9-11(21)19-12-14(22)20-13(16(23)24)17(4,5)25-15(12)20/h12-13,15H,6-10H2,1-5H3,(H,19,21)(H,23,24)/t12-,13+,15-/m1/s1. The Morgan fingerprint density at radius 3 is 2.28 bits per heavy atom. The van der Waals surface area contributed by atoms with Crippen LogP contribution in [-0.2, 0) is 14.4 Å². The van der Waals surface area contributed by atoms with Crippen LogP contribution < -0.4 is 5.32 Å². The predicted molar refractivity (Wildman–Crippen MR) is 102 cm³/mol. The minimum absolute atomic E-state index is 0.0690. The van der Waals surface area contributed by atoms with E-state index in [4.69, 9.17) is 0 Å². The zero-order chi connectivity index (χ0) is 19.0. The number of thioether (sulfide) groups is 1. The molecule has 142 valence electrons. The van der Waals surface area contributed by atoms with Gasteiger partial charge < -0.3 is 0 Å². The fraction of sp³-hybridized carbons (Fsp3) is 0.824. The summed E-state index contributed by atoms with van der Waals surface area (Å²) in [6.07, 6.45) is 0.489. The number of carboxylic acids is 1. The van der Waals surface area contributed by atoms with Crippen molar-refractivity contribution < 1.29 is 19.5 Å². The van der Waals surface area contributed by atoms with Gasteiger partial charge in [-0.25, -0.2) is 0 Å². The molecule has 2 rings (SSSR count). The summed E-state index contributed by atoms with van der Waals surface area (Å²) in [4.78, 5) is 37.7. The van der Waals surface area contributed by atoms with Gasteiger partial charge in [0.2, 0.25) is 0 Å². The Kier molecular flexibility index (Phi) is 6.19. The van der Waals surface area contributed by atoms with E-state index in [2.05, 4.69) is 26.1 Å². The van der Waals surface area contributed by atoms with Crippen LogP contribution in [0.25, 0.3) is 0 Å². The first-order chi connectivity index (χ1) is 11.6. The SMILES string of the molecule is C[CH2][Ge]([CH2]C)([CH2]C)[CH2]CC(=O)N[C@@H]1C(=O)N2[C@@H]1SC(C)(C)[C@@H]2C(=O)O. The normalized spacial score (nSPS) is 27.6. The van der Waals surface area contributed by atoms with Crippen LogP contribution in [0.3, 0.4) is 0 Å². The first-order valence-electron chi connectivity index (χ1n) is 9.14. The van der Waals surface area contributed by atoms with Gasteiger partial charge in [0.1, 0.15) is 0 Å². The van der Waals surface area contributed by atoms with Crippen LogP contribution in [0.2, 0.25) is 21.0 Å². The number of fused-ring (bicyclic) bond motifs is 1. The maximum absolute atomic E-state index is 12.4. The number of nitrogens with one attached hydrogen (secondary N) is 1. The van der Waals surface area contributed by atoms with Crippen LogP contribution in [0.15, 0.2) is 0 Å². The van der Waals surface area contributed by atoms with Gasteiger partial charge in [-0.2, -0.15) is 0 Å². The molecule has 2 heterocycles. The molecule has 2 N–H and O–H groups in total. The Labute approximate surface area is 156 Å². The number of carboxylic acid groups (broad SMARTS) is 1. The van der Waals surface area contributed by atoms with Gasteiger partial charge in [-0.3, -0.25) is 0 Å². The molecular formula is C17H30GeN2O4S. The summed E-state index contributed by atoms with van der Waals surface area (Å²) in [5.41, 5.74) is 0. The van der Waals surface area contributed by atoms with Gasteiger partial charge in [0.05, 0.1) is 0 Å². The van der Waals surface area contributed by atoms with Crippen molar-refractivity contribution in [2.75, 3.05) is 0 Å². The summed E-state index contributed by atoms with van der Waals surface area (Å²) in [6, 6.07) is -1.40. The van der Waals surface area contributed by atoms with Crippen LogP contribution in [0, 0.1) is 0 Å². The van der Waals surface area contributed by atoms with Crippen molar-refractivity contribution in [3.05, 3.63) is 0 Å². The summed E-state index contributed by atoms with van der Waals surface area (Å²) < 4.78 is -0.553. The van der Waals surface area contributed by atoms with Crippen LogP contribution in [0.4, 0.5) is 0 Å². The van der Waals surface area contributed by atoms with Crippen molar-refractivity contribution in [2.45, 2.75) is 84.3 Å². The van der Waals surface area contributed by atoms with E-state index in [9.17, 15) is 19.5 Å². The van der Waals surface area contributed by atoms with Gasteiger partial charge in [-0.05, 0) is 0 Å². The molecular weight excluding hydrogens is 401 g/mol. The van der Waals surface area contributed by atoms with Crippen LogP contribution >= 0.6 is 11.8 Å². The number of hydrogen-bond donors (Lipinski definition) is 2. The van der Waals surface area contributed by atoms with Crippen molar-refractivity contribution in [3.63, 3.8) is 0 Å². The van der Waals surface area contributed by atoms with Gasteiger partial charge in [0, 0.05) is 0 Å². The minimum atomic E-state index is -1.89. The van der Waals surface area contributed by atoms with E-state index in [1.807, 2.05) is 13.8 Å². The third-order valence-corrected chi connectivity index (χ3v) is 19.9. The van der Waals surface area contributed by atoms with Crippen LogP contribution in [-0.4, -0.2) is 63.3 Å². The van der Waals surface area contributed by atoms with Crippen molar-refractivity contribution in [3.8, 4) is 0 Å². The first kappa shape index (κ1) is 20.6. The van der Waals surface area contributed by atoms with Crippen molar-refractivity contribution in [1.82, 2.24) is 10.2 Å². The second-order valence-corrected chi connectivity index (χ2v) is 21.3. The summed E-state index contributed by atoms with van der Waals surface area (Å²) in [5.74, 6) is -1.32. The second-order valence-electron chi connectivity index (χ2n) is 7.70. The zero-order valence-electron chi connectivity index (χ0n) is 15.8. The molecule has 0 aromatic rings. The third-order valence-electron chi connectivity index (χ3n) is 6.12. The molecule has 0 spiro atoms. The summed E-state index contributed by atoms with van der Waals surface area (Å²) in [6.45, 7) is 10.4. The summed E-state index contributed by atoms with van der Waals surface area (Å²) >= 11 is -0.428. The second kappa shape index (κ2) is 7.50.